The maximum atomic E-state index is 12.3. The van der Waals surface area contributed by atoms with Gasteiger partial charge in [0.05, 0.1) is 30.0 Å². The van der Waals surface area contributed by atoms with Gasteiger partial charge < -0.3 is 15.5 Å². The lowest BCUT2D eigenvalue weighted by molar-refractivity contribution is 0.0653. The summed E-state index contributed by atoms with van der Waals surface area (Å²) in [7, 11) is 1.79. The summed E-state index contributed by atoms with van der Waals surface area (Å²) < 4.78 is 1.66. The van der Waals surface area contributed by atoms with E-state index in [0.29, 0.717) is 17.6 Å². The zero-order valence-electron chi connectivity index (χ0n) is 12.4. The Hall–Kier alpha value is -1.99. The Labute approximate surface area is 122 Å². The minimum atomic E-state index is -1.02. The molecule has 0 fully saturated rings. The van der Waals surface area contributed by atoms with E-state index in [1.54, 1.807) is 24.7 Å². The SMILES string of the molecule is CCC(CO)(CO)NC(=O)c1cnc2c(c1)c(C)nn2C. The van der Waals surface area contributed by atoms with Crippen molar-refractivity contribution in [3.8, 4) is 0 Å². The molecule has 21 heavy (non-hydrogen) atoms. The van der Waals surface area contributed by atoms with Gasteiger partial charge in [-0.2, -0.15) is 5.10 Å². The van der Waals surface area contributed by atoms with Crippen LogP contribution in [0.2, 0.25) is 0 Å². The molecule has 0 aliphatic carbocycles. The van der Waals surface area contributed by atoms with Crippen molar-refractivity contribution in [1.29, 1.82) is 0 Å². The van der Waals surface area contributed by atoms with Crippen LogP contribution in [0.25, 0.3) is 11.0 Å². The predicted octanol–water partition coefficient (Wildman–Crippen LogP) is 0.140. The average Bonchev–Trinajstić information content (AvgIpc) is 2.79. The second kappa shape index (κ2) is 5.79. The summed E-state index contributed by atoms with van der Waals surface area (Å²) in [5, 5.41) is 26.5. The number of aromatic nitrogens is 3. The number of carbonyl (C=O) groups excluding carboxylic acids is 1. The van der Waals surface area contributed by atoms with Crippen molar-refractivity contribution in [2.24, 2.45) is 7.05 Å². The van der Waals surface area contributed by atoms with E-state index in [0.717, 1.165) is 11.1 Å². The Morgan fingerprint density at radius 2 is 2.10 bits per heavy atom. The summed E-state index contributed by atoms with van der Waals surface area (Å²) >= 11 is 0. The minimum Gasteiger partial charge on any atom is -0.394 e. The number of rotatable bonds is 5. The molecular weight excluding hydrogens is 272 g/mol. The van der Waals surface area contributed by atoms with Crippen molar-refractivity contribution in [2.75, 3.05) is 13.2 Å². The number of carbonyl (C=O) groups is 1. The van der Waals surface area contributed by atoms with Gasteiger partial charge in [-0.3, -0.25) is 9.48 Å². The van der Waals surface area contributed by atoms with Crippen molar-refractivity contribution >= 4 is 16.9 Å². The molecule has 0 atom stereocenters. The third kappa shape index (κ3) is 2.74. The summed E-state index contributed by atoms with van der Waals surface area (Å²) in [6.07, 6.45) is 1.89. The molecule has 2 aromatic heterocycles. The maximum Gasteiger partial charge on any atom is 0.253 e. The number of fused-ring (bicyclic) bond motifs is 1. The van der Waals surface area contributed by atoms with Crippen LogP contribution in [0.3, 0.4) is 0 Å². The van der Waals surface area contributed by atoms with Crippen LogP contribution in [-0.2, 0) is 7.05 Å². The van der Waals surface area contributed by atoms with Gasteiger partial charge in [0, 0.05) is 18.6 Å². The topological polar surface area (TPSA) is 100 Å². The third-order valence-corrected chi connectivity index (χ3v) is 3.79. The molecule has 0 spiro atoms. The van der Waals surface area contributed by atoms with Crippen LogP contribution >= 0.6 is 0 Å². The fourth-order valence-electron chi connectivity index (χ4n) is 2.19. The van der Waals surface area contributed by atoms with E-state index in [1.165, 1.54) is 6.20 Å². The standard InChI is InChI=1S/C14H20N4O3/c1-4-14(7-19,8-20)16-13(21)10-5-11-9(2)17-18(3)12(11)15-6-10/h5-6,19-20H,4,7-8H2,1-3H3,(H,16,21). The quantitative estimate of drug-likeness (QED) is 0.728. The second-order valence-corrected chi connectivity index (χ2v) is 5.21. The summed E-state index contributed by atoms with van der Waals surface area (Å²) in [6, 6.07) is 1.72. The van der Waals surface area contributed by atoms with Gasteiger partial charge in [-0.25, -0.2) is 4.98 Å². The highest BCUT2D eigenvalue weighted by Crippen LogP contribution is 2.17. The normalized spacial score (nSPS) is 11.9. The number of amides is 1. The van der Waals surface area contributed by atoms with Crippen LogP contribution in [0.5, 0.6) is 0 Å². The summed E-state index contributed by atoms with van der Waals surface area (Å²) in [4.78, 5) is 16.5. The third-order valence-electron chi connectivity index (χ3n) is 3.79. The average molecular weight is 292 g/mol. The van der Waals surface area contributed by atoms with E-state index in [4.69, 9.17) is 0 Å². The van der Waals surface area contributed by atoms with Gasteiger partial charge in [-0.15, -0.1) is 0 Å². The van der Waals surface area contributed by atoms with Crippen LogP contribution < -0.4 is 5.32 Å². The Morgan fingerprint density at radius 3 is 2.67 bits per heavy atom. The number of aliphatic hydroxyl groups is 2. The van der Waals surface area contributed by atoms with Gasteiger partial charge >= 0.3 is 0 Å². The molecule has 2 heterocycles. The number of hydrogen-bond acceptors (Lipinski definition) is 5. The largest absolute Gasteiger partial charge is 0.394 e. The van der Waals surface area contributed by atoms with Gasteiger partial charge in [0.15, 0.2) is 5.65 Å². The second-order valence-electron chi connectivity index (χ2n) is 5.21. The van der Waals surface area contributed by atoms with E-state index >= 15 is 0 Å². The van der Waals surface area contributed by atoms with E-state index in [1.807, 2.05) is 6.92 Å². The molecule has 1 amide bonds. The van der Waals surface area contributed by atoms with Crippen molar-refractivity contribution in [3.05, 3.63) is 23.5 Å². The highest BCUT2D eigenvalue weighted by Gasteiger charge is 2.29. The first-order valence-electron chi connectivity index (χ1n) is 6.80. The number of aliphatic hydroxyl groups excluding tert-OH is 2. The van der Waals surface area contributed by atoms with Gasteiger partial charge in [0.25, 0.3) is 5.91 Å². The fraction of sp³-hybridized carbons (Fsp3) is 0.500. The molecule has 114 valence electrons. The number of aryl methyl sites for hydroxylation is 2. The lowest BCUT2D eigenvalue weighted by atomic mass is 9.98. The van der Waals surface area contributed by atoms with E-state index in [9.17, 15) is 15.0 Å². The molecule has 0 saturated heterocycles. The van der Waals surface area contributed by atoms with Crippen LogP contribution in [0.1, 0.15) is 29.4 Å². The van der Waals surface area contributed by atoms with E-state index in [2.05, 4.69) is 15.4 Å². The molecule has 0 bridgehead atoms. The van der Waals surface area contributed by atoms with Crippen LogP contribution in [0.15, 0.2) is 12.3 Å². The molecule has 0 radical (unpaired) electrons. The molecule has 0 unspecified atom stereocenters. The Morgan fingerprint density at radius 1 is 1.43 bits per heavy atom. The van der Waals surface area contributed by atoms with Gasteiger partial charge in [0.2, 0.25) is 0 Å². The van der Waals surface area contributed by atoms with Crippen molar-refractivity contribution < 1.29 is 15.0 Å². The first-order chi connectivity index (χ1) is 9.96. The van der Waals surface area contributed by atoms with Crippen LogP contribution in [0, 0.1) is 6.92 Å². The molecule has 2 aromatic rings. The highest BCUT2D eigenvalue weighted by atomic mass is 16.3. The zero-order chi connectivity index (χ0) is 15.6. The molecule has 7 nitrogen and oxygen atoms in total. The van der Waals surface area contributed by atoms with Gasteiger partial charge in [-0.1, -0.05) is 6.92 Å². The zero-order valence-corrected chi connectivity index (χ0v) is 12.4. The molecule has 0 aliphatic rings. The number of nitrogens with one attached hydrogen (secondary N) is 1. The van der Waals surface area contributed by atoms with Gasteiger partial charge in [0.1, 0.15) is 0 Å². The number of pyridine rings is 1. The summed E-state index contributed by atoms with van der Waals surface area (Å²) in [5.41, 5.74) is 0.852. The molecule has 2 rings (SSSR count). The van der Waals surface area contributed by atoms with Crippen molar-refractivity contribution in [2.45, 2.75) is 25.8 Å². The predicted molar refractivity (Wildman–Crippen MR) is 77.9 cm³/mol. The lowest BCUT2D eigenvalue weighted by Gasteiger charge is -2.29. The van der Waals surface area contributed by atoms with Crippen molar-refractivity contribution in [3.63, 3.8) is 0 Å². The highest BCUT2D eigenvalue weighted by molar-refractivity contribution is 5.97. The van der Waals surface area contributed by atoms with Crippen LogP contribution in [-0.4, -0.2) is 49.6 Å². The summed E-state index contributed by atoms with van der Waals surface area (Å²) in [6.45, 7) is 2.99. The summed E-state index contributed by atoms with van der Waals surface area (Å²) in [5.74, 6) is -0.377. The Balaban J connectivity index is 2.33. The molecule has 0 saturated carbocycles. The molecule has 7 heteroatoms. The number of hydrogen-bond donors (Lipinski definition) is 3. The van der Waals surface area contributed by atoms with Crippen LogP contribution in [0.4, 0.5) is 0 Å². The molecular formula is C14H20N4O3. The molecule has 0 aliphatic heterocycles. The minimum absolute atomic E-state index is 0.326. The molecule has 0 aromatic carbocycles. The van der Waals surface area contributed by atoms with Crippen molar-refractivity contribution in [1.82, 2.24) is 20.1 Å². The Kier molecular flexibility index (Phi) is 4.24. The van der Waals surface area contributed by atoms with Gasteiger partial charge in [-0.05, 0) is 19.4 Å². The molecule has 3 N–H and O–H groups in total. The monoisotopic (exact) mass is 292 g/mol. The smallest absolute Gasteiger partial charge is 0.253 e. The first kappa shape index (κ1) is 15.4. The van der Waals surface area contributed by atoms with E-state index in [-0.39, 0.29) is 19.1 Å². The fourth-order valence-corrected chi connectivity index (χ4v) is 2.19. The number of nitrogens with zero attached hydrogens (tertiary/aromatic N) is 3. The van der Waals surface area contributed by atoms with E-state index < -0.39 is 5.54 Å². The Bertz CT molecular complexity index is 653. The maximum absolute atomic E-state index is 12.3. The first-order valence-corrected chi connectivity index (χ1v) is 6.80. The lowest BCUT2D eigenvalue weighted by Crippen LogP contribution is -2.53.